The van der Waals surface area contributed by atoms with Gasteiger partial charge in [-0.25, -0.2) is 0 Å². The van der Waals surface area contributed by atoms with E-state index in [2.05, 4.69) is 31.0 Å². The number of rotatable bonds is 4. The monoisotopic (exact) mass is 293 g/mol. The molecule has 5 nitrogen and oxygen atoms in total. The molecule has 1 atom stereocenters. The molecule has 0 aliphatic carbocycles. The zero-order valence-corrected chi connectivity index (χ0v) is 13.3. The predicted molar refractivity (Wildman–Crippen MR) is 81.8 cm³/mol. The molecule has 0 bridgehead atoms. The van der Waals surface area contributed by atoms with Crippen molar-refractivity contribution in [1.82, 2.24) is 15.1 Å². The lowest BCUT2D eigenvalue weighted by Gasteiger charge is -2.32. The van der Waals surface area contributed by atoms with Crippen LogP contribution in [0.25, 0.3) is 0 Å². The van der Waals surface area contributed by atoms with E-state index in [1.54, 1.807) is 6.20 Å². The number of aromatic amines is 1. The SMILES string of the molecule is CC(C)(C)CC(O)CC(=O)N1CCC(c2ccn[nH]2)CC1. The first-order chi connectivity index (χ1) is 9.85. The quantitative estimate of drug-likeness (QED) is 0.895. The first kappa shape index (κ1) is 16.0. The van der Waals surface area contributed by atoms with Crippen molar-refractivity contribution in [3.05, 3.63) is 18.0 Å². The number of piperidine rings is 1. The molecule has 2 heterocycles. The Morgan fingerprint density at radius 1 is 1.48 bits per heavy atom. The van der Waals surface area contributed by atoms with Gasteiger partial charge >= 0.3 is 0 Å². The van der Waals surface area contributed by atoms with E-state index in [4.69, 9.17) is 0 Å². The van der Waals surface area contributed by atoms with Gasteiger partial charge < -0.3 is 10.0 Å². The number of amides is 1. The molecule has 1 amide bonds. The average Bonchev–Trinajstić information content (AvgIpc) is 2.90. The normalized spacial score (nSPS) is 18.8. The van der Waals surface area contributed by atoms with Gasteiger partial charge in [0, 0.05) is 30.9 Å². The second-order valence-electron chi connectivity index (χ2n) is 7.29. The second kappa shape index (κ2) is 6.60. The molecule has 1 unspecified atom stereocenters. The van der Waals surface area contributed by atoms with Crippen LogP contribution in [0.3, 0.4) is 0 Å². The fraction of sp³-hybridized carbons (Fsp3) is 0.750. The van der Waals surface area contributed by atoms with Crippen molar-refractivity contribution in [1.29, 1.82) is 0 Å². The Labute approximate surface area is 126 Å². The highest BCUT2D eigenvalue weighted by Crippen LogP contribution is 2.27. The van der Waals surface area contributed by atoms with E-state index in [1.165, 1.54) is 0 Å². The van der Waals surface area contributed by atoms with Crippen LogP contribution in [0.15, 0.2) is 12.3 Å². The smallest absolute Gasteiger partial charge is 0.225 e. The summed E-state index contributed by atoms with van der Waals surface area (Å²) < 4.78 is 0. The van der Waals surface area contributed by atoms with Crippen LogP contribution >= 0.6 is 0 Å². The zero-order valence-electron chi connectivity index (χ0n) is 13.3. The standard InChI is InChI=1S/C16H27N3O2/c1-16(2,3)11-13(20)10-15(21)19-8-5-12(6-9-19)14-4-7-17-18-14/h4,7,12-13,20H,5-6,8-11H2,1-3H3,(H,17,18). The molecule has 1 aromatic rings. The van der Waals surface area contributed by atoms with Gasteiger partial charge in [-0.05, 0) is 30.7 Å². The number of hydrogen-bond acceptors (Lipinski definition) is 3. The number of aliphatic hydroxyl groups is 1. The van der Waals surface area contributed by atoms with Crippen LogP contribution in [-0.4, -0.2) is 45.3 Å². The van der Waals surface area contributed by atoms with E-state index in [0.29, 0.717) is 12.3 Å². The van der Waals surface area contributed by atoms with Gasteiger partial charge in [-0.15, -0.1) is 0 Å². The van der Waals surface area contributed by atoms with Crippen molar-refractivity contribution in [3.63, 3.8) is 0 Å². The molecular weight excluding hydrogens is 266 g/mol. The van der Waals surface area contributed by atoms with Gasteiger partial charge in [-0.2, -0.15) is 5.10 Å². The molecule has 1 aliphatic heterocycles. The van der Waals surface area contributed by atoms with Crippen LogP contribution in [0, 0.1) is 5.41 Å². The largest absolute Gasteiger partial charge is 0.393 e. The summed E-state index contributed by atoms with van der Waals surface area (Å²) in [4.78, 5) is 14.1. The average molecular weight is 293 g/mol. The third kappa shape index (κ3) is 4.84. The lowest BCUT2D eigenvalue weighted by atomic mass is 9.88. The van der Waals surface area contributed by atoms with Crippen molar-refractivity contribution in [2.75, 3.05) is 13.1 Å². The van der Waals surface area contributed by atoms with Crippen LogP contribution < -0.4 is 0 Å². The van der Waals surface area contributed by atoms with Crippen LogP contribution in [0.1, 0.15) is 58.1 Å². The Hall–Kier alpha value is -1.36. The molecule has 0 spiro atoms. The maximum atomic E-state index is 12.2. The van der Waals surface area contributed by atoms with E-state index in [9.17, 15) is 9.90 Å². The highest BCUT2D eigenvalue weighted by atomic mass is 16.3. The Morgan fingerprint density at radius 3 is 2.67 bits per heavy atom. The summed E-state index contributed by atoms with van der Waals surface area (Å²) in [5, 5.41) is 17.0. The lowest BCUT2D eigenvalue weighted by Crippen LogP contribution is -2.39. The Kier molecular flexibility index (Phi) is 5.04. The predicted octanol–water partition coefficient (Wildman–Crippen LogP) is 2.30. The Morgan fingerprint density at radius 2 is 2.14 bits per heavy atom. The van der Waals surface area contributed by atoms with Gasteiger partial charge in [0.05, 0.1) is 12.5 Å². The van der Waals surface area contributed by atoms with Gasteiger partial charge in [0.25, 0.3) is 0 Å². The molecule has 21 heavy (non-hydrogen) atoms. The first-order valence-electron chi connectivity index (χ1n) is 7.80. The third-order valence-electron chi connectivity index (χ3n) is 4.07. The lowest BCUT2D eigenvalue weighted by molar-refractivity contribution is -0.134. The topological polar surface area (TPSA) is 69.2 Å². The van der Waals surface area contributed by atoms with Gasteiger partial charge in [0.15, 0.2) is 0 Å². The number of H-pyrrole nitrogens is 1. The summed E-state index contributed by atoms with van der Waals surface area (Å²) in [6.07, 6.45) is 4.06. The number of aromatic nitrogens is 2. The van der Waals surface area contributed by atoms with Crippen molar-refractivity contribution in [3.8, 4) is 0 Å². The van der Waals surface area contributed by atoms with Crippen molar-refractivity contribution < 1.29 is 9.90 Å². The summed E-state index contributed by atoms with van der Waals surface area (Å²) in [6.45, 7) is 7.78. The maximum absolute atomic E-state index is 12.2. The molecule has 1 fully saturated rings. The molecule has 2 N–H and O–H groups in total. The fourth-order valence-electron chi connectivity index (χ4n) is 3.04. The molecule has 0 saturated carbocycles. The van der Waals surface area contributed by atoms with Crippen LogP contribution in [0.5, 0.6) is 0 Å². The molecule has 118 valence electrons. The van der Waals surface area contributed by atoms with E-state index in [-0.39, 0.29) is 17.7 Å². The number of carbonyl (C=O) groups is 1. The van der Waals surface area contributed by atoms with Crippen molar-refractivity contribution >= 4 is 5.91 Å². The summed E-state index contributed by atoms with van der Waals surface area (Å²) in [5.41, 5.74) is 1.21. The highest BCUT2D eigenvalue weighted by molar-refractivity contribution is 5.76. The Bertz CT molecular complexity index is 443. The number of carbonyl (C=O) groups excluding carboxylic acids is 1. The molecule has 2 rings (SSSR count). The summed E-state index contributed by atoms with van der Waals surface area (Å²) in [6, 6.07) is 2.01. The number of hydrogen-bond donors (Lipinski definition) is 2. The number of likely N-dealkylation sites (tertiary alicyclic amines) is 1. The van der Waals surface area contributed by atoms with Gasteiger partial charge in [0.1, 0.15) is 0 Å². The fourth-order valence-corrected chi connectivity index (χ4v) is 3.04. The van der Waals surface area contributed by atoms with Crippen LogP contribution in [0.2, 0.25) is 0 Å². The zero-order chi connectivity index (χ0) is 15.5. The van der Waals surface area contributed by atoms with Crippen LogP contribution in [-0.2, 0) is 4.79 Å². The minimum Gasteiger partial charge on any atom is -0.393 e. The summed E-state index contributed by atoms with van der Waals surface area (Å²) in [7, 11) is 0. The van der Waals surface area contributed by atoms with Gasteiger partial charge in [-0.1, -0.05) is 20.8 Å². The van der Waals surface area contributed by atoms with Crippen molar-refractivity contribution in [2.45, 2.75) is 58.5 Å². The molecular formula is C16H27N3O2. The molecule has 1 saturated heterocycles. The van der Waals surface area contributed by atoms with Gasteiger partial charge in [0.2, 0.25) is 5.91 Å². The number of nitrogens with one attached hydrogen (secondary N) is 1. The number of aliphatic hydroxyl groups excluding tert-OH is 1. The van der Waals surface area contributed by atoms with E-state index in [1.807, 2.05) is 11.0 Å². The minimum atomic E-state index is -0.539. The molecule has 0 radical (unpaired) electrons. The first-order valence-corrected chi connectivity index (χ1v) is 7.80. The van der Waals surface area contributed by atoms with Crippen molar-refractivity contribution in [2.24, 2.45) is 5.41 Å². The molecule has 0 aromatic carbocycles. The minimum absolute atomic E-state index is 0.0489. The van der Waals surface area contributed by atoms with E-state index in [0.717, 1.165) is 31.6 Å². The van der Waals surface area contributed by atoms with Crippen LogP contribution in [0.4, 0.5) is 0 Å². The number of nitrogens with zero attached hydrogens (tertiary/aromatic N) is 2. The molecule has 1 aromatic heterocycles. The van der Waals surface area contributed by atoms with E-state index < -0.39 is 6.10 Å². The Balaban J connectivity index is 1.78. The summed E-state index contributed by atoms with van der Waals surface area (Å²) in [5.74, 6) is 0.547. The second-order valence-corrected chi connectivity index (χ2v) is 7.29. The molecule has 1 aliphatic rings. The van der Waals surface area contributed by atoms with Gasteiger partial charge in [-0.3, -0.25) is 9.89 Å². The molecule has 5 heteroatoms. The third-order valence-corrected chi connectivity index (χ3v) is 4.07. The van der Waals surface area contributed by atoms with E-state index >= 15 is 0 Å². The summed E-state index contributed by atoms with van der Waals surface area (Å²) >= 11 is 0. The highest BCUT2D eigenvalue weighted by Gasteiger charge is 2.26. The maximum Gasteiger partial charge on any atom is 0.225 e.